The van der Waals surface area contributed by atoms with Crippen molar-refractivity contribution in [2.75, 3.05) is 39.2 Å². The fourth-order valence-corrected chi connectivity index (χ4v) is 4.92. The summed E-state index contributed by atoms with van der Waals surface area (Å²) in [5, 5.41) is 2.77. The second-order valence-corrected chi connectivity index (χ2v) is 9.51. The fourth-order valence-electron chi connectivity index (χ4n) is 3.51. The maximum atomic E-state index is 13.6. The van der Waals surface area contributed by atoms with Gasteiger partial charge in [-0.1, -0.05) is 42.5 Å². The molecule has 0 aliphatic heterocycles. The lowest BCUT2D eigenvalue weighted by molar-refractivity contribution is -0.116. The highest BCUT2D eigenvalue weighted by molar-refractivity contribution is 7.89. The quantitative estimate of drug-likeness (QED) is 0.406. The van der Waals surface area contributed by atoms with Crippen LogP contribution in [0.15, 0.2) is 77.7 Å². The summed E-state index contributed by atoms with van der Waals surface area (Å²) in [6.07, 6.45) is 0.441. The number of amides is 1. The Kier molecular flexibility index (Phi) is 9.11. The molecule has 0 unspecified atom stereocenters. The van der Waals surface area contributed by atoms with Crippen molar-refractivity contribution >= 4 is 21.6 Å². The van der Waals surface area contributed by atoms with Crippen LogP contribution in [0, 0.1) is 0 Å². The Labute approximate surface area is 206 Å². The van der Waals surface area contributed by atoms with Crippen LogP contribution in [0.2, 0.25) is 0 Å². The molecular weight excluding hydrogens is 468 g/mol. The van der Waals surface area contributed by atoms with E-state index in [4.69, 9.17) is 14.2 Å². The molecule has 9 heteroatoms. The second-order valence-electron chi connectivity index (χ2n) is 7.57. The molecule has 186 valence electrons. The van der Waals surface area contributed by atoms with Gasteiger partial charge in [0.25, 0.3) is 0 Å². The van der Waals surface area contributed by atoms with E-state index in [2.05, 4.69) is 5.32 Å². The van der Waals surface area contributed by atoms with Crippen molar-refractivity contribution in [1.82, 2.24) is 4.31 Å². The van der Waals surface area contributed by atoms with Gasteiger partial charge < -0.3 is 19.5 Å². The molecule has 0 saturated heterocycles. The van der Waals surface area contributed by atoms with Gasteiger partial charge in [0.1, 0.15) is 5.75 Å². The first-order chi connectivity index (χ1) is 16.9. The van der Waals surface area contributed by atoms with Crippen molar-refractivity contribution < 1.29 is 27.4 Å². The minimum Gasteiger partial charge on any atom is -0.493 e. The predicted octanol–water partition coefficient (Wildman–Crippen LogP) is 3.97. The third-order valence-electron chi connectivity index (χ3n) is 5.27. The van der Waals surface area contributed by atoms with Gasteiger partial charge in [0, 0.05) is 12.6 Å². The normalized spacial score (nSPS) is 11.2. The van der Waals surface area contributed by atoms with E-state index in [1.54, 1.807) is 24.3 Å². The maximum Gasteiger partial charge on any atom is 0.243 e. The van der Waals surface area contributed by atoms with Crippen LogP contribution in [0.3, 0.4) is 0 Å². The first-order valence-electron chi connectivity index (χ1n) is 11.2. The van der Waals surface area contributed by atoms with E-state index in [-0.39, 0.29) is 23.7 Å². The number of hydrogen-bond donors (Lipinski definition) is 1. The Morgan fingerprint density at radius 1 is 0.886 bits per heavy atom. The number of methoxy groups -OCH3 is 2. The van der Waals surface area contributed by atoms with Gasteiger partial charge in [-0.15, -0.1) is 0 Å². The van der Waals surface area contributed by atoms with Crippen molar-refractivity contribution in [2.24, 2.45) is 0 Å². The van der Waals surface area contributed by atoms with Crippen LogP contribution in [0.5, 0.6) is 17.2 Å². The lowest BCUT2D eigenvalue weighted by Gasteiger charge is -2.23. The smallest absolute Gasteiger partial charge is 0.243 e. The topological polar surface area (TPSA) is 94.2 Å². The Balaban J connectivity index is 1.88. The number of rotatable bonds is 12. The fraction of sp³-hybridized carbons (Fsp3) is 0.269. The molecule has 0 bridgehead atoms. The highest BCUT2D eigenvalue weighted by Crippen LogP contribution is 2.31. The standard InChI is InChI=1S/C26H30N2O6S/c1-4-34-23-13-9-8-12-22(23)27-26(29)19-28(17-16-20-10-6-5-7-11-20)35(30,31)21-14-15-24(32-2)25(18-21)33-3/h5-15,18H,4,16-17,19H2,1-3H3,(H,27,29). The first kappa shape index (κ1) is 26.1. The third-order valence-corrected chi connectivity index (χ3v) is 7.11. The molecule has 0 aliphatic rings. The van der Waals surface area contributed by atoms with Crippen molar-refractivity contribution in [2.45, 2.75) is 18.2 Å². The maximum absolute atomic E-state index is 13.6. The molecule has 8 nitrogen and oxygen atoms in total. The van der Waals surface area contributed by atoms with E-state index in [1.807, 2.05) is 37.3 Å². The summed E-state index contributed by atoms with van der Waals surface area (Å²) in [5.41, 5.74) is 1.44. The van der Waals surface area contributed by atoms with Crippen LogP contribution in [0.4, 0.5) is 5.69 Å². The molecule has 0 aliphatic carbocycles. The van der Waals surface area contributed by atoms with E-state index in [0.717, 1.165) is 5.56 Å². The van der Waals surface area contributed by atoms with E-state index in [1.165, 1.54) is 36.7 Å². The Morgan fingerprint density at radius 2 is 1.57 bits per heavy atom. The molecule has 1 amide bonds. The van der Waals surface area contributed by atoms with Crippen molar-refractivity contribution in [1.29, 1.82) is 0 Å². The van der Waals surface area contributed by atoms with Crippen LogP contribution < -0.4 is 19.5 Å². The average Bonchev–Trinajstić information content (AvgIpc) is 2.87. The number of para-hydroxylation sites is 2. The SMILES string of the molecule is CCOc1ccccc1NC(=O)CN(CCc1ccccc1)S(=O)(=O)c1ccc(OC)c(OC)c1. The van der Waals surface area contributed by atoms with Gasteiger partial charge in [-0.05, 0) is 43.2 Å². The molecule has 0 spiro atoms. The van der Waals surface area contributed by atoms with E-state index in [0.29, 0.717) is 30.2 Å². The van der Waals surface area contributed by atoms with Crippen LogP contribution in [-0.2, 0) is 21.2 Å². The van der Waals surface area contributed by atoms with Crippen LogP contribution >= 0.6 is 0 Å². The number of benzene rings is 3. The number of hydrogen-bond acceptors (Lipinski definition) is 6. The number of anilines is 1. The molecule has 0 atom stereocenters. The first-order valence-corrected chi connectivity index (χ1v) is 12.6. The number of sulfonamides is 1. The number of carbonyl (C=O) groups excluding carboxylic acids is 1. The molecule has 1 N–H and O–H groups in total. The largest absolute Gasteiger partial charge is 0.493 e. The van der Waals surface area contributed by atoms with E-state index < -0.39 is 15.9 Å². The summed E-state index contributed by atoms with van der Waals surface area (Å²) in [4.78, 5) is 13.0. The van der Waals surface area contributed by atoms with Gasteiger partial charge in [0.05, 0.1) is 38.0 Å². The number of nitrogens with one attached hydrogen (secondary N) is 1. The summed E-state index contributed by atoms with van der Waals surface area (Å²) < 4.78 is 44.4. The minimum atomic E-state index is -4.03. The highest BCUT2D eigenvalue weighted by Gasteiger charge is 2.28. The monoisotopic (exact) mass is 498 g/mol. The van der Waals surface area contributed by atoms with Gasteiger partial charge in [-0.2, -0.15) is 4.31 Å². The molecule has 3 rings (SSSR count). The zero-order chi connectivity index (χ0) is 25.3. The Bertz CT molecular complexity index is 1230. The van der Waals surface area contributed by atoms with Crippen LogP contribution in [0.1, 0.15) is 12.5 Å². The molecule has 3 aromatic carbocycles. The molecule has 0 aromatic heterocycles. The molecule has 0 fully saturated rings. The highest BCUT2D eigenvalue weighted by atomic mass is 32.2. The van der Waals surface area contributed by atoms with Gasteiger partial charge in [0.15, 0.2) is 11.5 Å². The summed E-state index contributed by atoms with van der Waals surface area (Å²) in [6.45, 7) is 2.02. The van der Waals surface area contributed by atoms with E-state index >= 15 is 0 Å². The van der Waals surface area contributed by atoms with Crippen molar-refractivity contribution in [3.8, 4) is 17.2 Å². The average molecular weight is 499 g/mol. The third kappa shape index (κ3) is 6.74. The lowest BCUT2D eigenvalue weighted by Crippen LogP contribution is -2.39. The molecule has 0 heterocycles. The molecule has 3 aromatic rings. The second kappa shape index (κ2) is 12.2. The van der Waals surface area contributed by atoms with E-state index in [9.17, 15) is 13.2 Å². The van der Waals surface area contributed by atoms with Gasteiger partial charge in [-0.25, -0.2) is 8.42 Å². The summed E-state index contributed by atoms with van der Waals surface area (Å²) >= 11 is 0. The van der Waals surface area contributed by atoms with Gasteiger partial charge in [-0.3, -0.25) is 4.79 Å². The van der Waals surface area contributed by atoms with Gasteiger partial charge >= 0.3 is 0 Å². The van der Waals surface area contributed by atoms with Crippen LogP contribution in [-0.4, -0.2) is 52.5 Å². The zero-order valence-corrected chi connectivity index (χ0v) is 20.9. The Hall–Kier alpha value is -3.56. The minimum absolute atomic E-state index is 0.00530. The predicted molar refractivity (Wildman–Crippen MR) is 135 cm³/mol. The number of carbonyl (C=O) groups is 1. The lowest BCUT2D eigenvalue weighted by atomic mass is 10.1. The van der Waals surface area contributed by atoms with Crippen molar-refractivity contribution in [3.63, 3.8) is 0 Å². The Morgan fingerprint density at radius 3 is 2.26 bits per heavy atom. The summed E-state index contributed by atoms with van der Waals surface area (Å²) in [7, 11) is -1.12. The number of ether oxygens (including phenoxy) is 3. The molecule has 0 radical (unpaired) electrons. The van der Waals surface area contributed by atoms with Crippen molar-refractivity contribution in [3.05, 3.63) is 78.4 Å². The summed E-state index contributed by atoms with van der Waals surface area (Å²) in [5.74, 6) is 0.732. The van der Waals surface area contributed by atoms with Crippen LogP contribution in [0.25, 0.3) is 0 Å². The molecular formula is C26H30N2O6S. The number of nitrogens with zero attached hydrogens (tertiary/aromatic N) is 1. The summed E-state index contributed by atoms with van der Waals surface area (Å²) in [6, 6.07) is 20.9. The molecule has 0 saturated carbocycles. The molecule has 35 heavy (non-hydrogen) atoms. The van der Waals surface area contributed by atoms with Gasteiger partial charge in [0.2, 0.25) is 15.9 Å². The zero-order valence-electron chi connectivity index (χ0n) is 20.1.